The molecule has 3 aromatic heterocycles. The Bertz CT molecular complexity index is 1490. The lowest BCUT2D eigenvalue weighted by Gasteiger charge is -2.36. The maximum absolute atomic E-state index is 13.2. The number of alkyl carbamates (subject to hydrolysis) is 1. The number of fused-ring (bicyclic) bond motifs is 1. The molecule has 4 aromatic rings. The molecule has 1 aromatic carbocycles. The minimum atomic E-state index is -0.574. The van der Waals surface area contributed by atoms with Crippen molar-refractivity contribution in [3.63, 3.8) is 0 Å². The molecule has 210 valence electrons. The van der Waals surface area contributed by atoms with E-state index in [0.717, 1.165) is 36.0 Å². The number of aromatic amines is 1. The molecule has 0 aliphatic carbocycles. The lowest BCUT2D eigenvalue weighted by molar-refractivity contribution is 0.0500. The number of hydrogen-bond donors (Lipinski definition) is 3. The van der Waals surface area contributed by atoms with E-state index in [2.05, 4.69) is 30.6 Å². The minimum absolute atomic E-state index is 0.107. The van der Waals surface area contributed by atoms with E-state index >= 15 is 0 Å². The SMILES string of the molecule is COc1cnc2[nH]cc(NC(=O)c3cnn(Cc4ccccc4)c3)c2c1N1CCC[C@@H](NC(=O)OC(C)(C)C)C1. The number of nitrogens with zero attached hydrogens (tertiary/aromatic N) is 4. The van der Waals surface area contributed by atoms with Gasteiger partial charge in [0.05, 0.1) is 48.4 Å². The Balaban J connectivity index is 1.37. The molecule has 1 atom stereocenters. The predicted octanol–water partition coefficient (Wildman–Crippen LogP) is 4.56. The molecule has 0 unspecified atom stereocenters. The minimum Gasteiger partial charge on any atom is -0.493 e. The van der Waals surface area contributed by atoms with E-state index in [0.29, 0.717) is 35.7 Å². The zero-order valence-electron chi connectivity index (χ0n) is 23.2. The largest absolute Gasteiger partial charge is 0.493 e. The van der Waals surface area contributed by atoms with Gasteiger partial charge in [0.25, 0.3) is 5.91 Å². The number of carbonyl (C=O) groups is 2. The highest BCUT2D eigenvalue weighted by Gasteiger charge is 2.28. The van der Waals surface area contributed by atoms with Crippen molar-refractivity contribution in [2.75, 3.05) is 30.4 Å². The first-order valence-electron chi connectivity index (χ1n) is 13.4. The highest BCUT2D eigenvalue weighted by atomic mass is 16.6. The topological polar surface area (TPSA) is 126 Å². The van der Waals surface area contributed by atoms with Gasteiger partial charge < -0.3 is 30.0 Å². The van der Waals surface area contributed by atoms with Crippen LogP contribution in [0.15, 0.2) is 55.1 Å². The van der Waals surface area contributed by atoms with Crippen molar-refractivity contribution in [1.82, 2.24) is 25.1 Å². The van der Waals surface area contributed by atoms with Gasteiger partial charge >= 0.3 is 6.09 Å². The standard InChI is InChI=1S/C29H35N7O4/c1-29(2,3)40-28(38)33-21-11-8-12-35(18-21)25-23(39-4)15-31-26-24(25)22(14-30-26)34-27(37)20-13-32-36(17-20)16-19-9-6-5-7-10-19/h5-7,9-10,13-15,17,21H,8,11-12,16,18H2,1-4H3,(H,30,31)(H,33,38)(H,34,37)/t21-/m1/s1. The second-order valence-electron chi connectivity index (χ2n) is 10.9. The van der Waals surface area contributed by atoms with Gasteiger partial charge in [-0.2, -0.15) is 5.10 Å². The summed E-state index contributed by atoms with van der Waals surface area (Å²) in [7, 11) is 1.60. The lowest BCUT2D eigenvalue weighted by Crippen LogP contribution is -2.49. The summed E-state index contributed by atoms with van der Waals surface area (Å²) in [5.41, 5.74) is 2.97. The number of pyridine rings is 1. The number of anilines is 2. The summed E-state index contributed by atoms with van der Waals surface area (Å²) in [5.74, 6) is 0.299. The van der Waals surface area contributed by atoms with Gasteiger partial charge in [-0.15, -0.1) is 0 Å². The third kappa shape index (κ3) is 6.19. The molecule has 1 fully saturated rings. The Kier molecular flexibility index (Phi) is 7.63. The lowest BCUT2D eigenvalue weighted by atomic mass is 10.0. The van der Waals surface area contributed by atoms with Gasteiger partial charge in [0.15, 0.2) is 5.75 Å². The van der Waals surface area contributed by atoms with Crippen LogP contribution in [-0.2, 0) is 11.3 Å². The summed E-state index contributed by atoms with van der Waals surface area (Å²) >= 11 is 0. The molecule has 1 saturated heterocycles. The molecule has 40 heavy (non-hydrogen) atoms. The summed E-state index contributed by atoms with van der Waals surface area (Å²) in [6.07, 6.45) is 7.94. The summed E-state index contributed by atoms with van der Waals surface area (Å²) in [4.78, 5) is 35.5. The van der Waals surface area contributed by atoms with Crippen LogP contribution in [0.2, 0.25) is 0 Å². The molecule has 0 spiro atoms. The molecule has 11 heteroatoms. The highest BCUT2D eigenvalue weighted by Crippen LogP contribution is 2.40. The van der Waals surface area contributed by atoms with Crippen molar-refractivity contribution in [3.05, 3.63) is 66.2 Å². The molecule has 4 heterocycles. The molecular weight excluding hydrogens is 510 g/mol. The van der Waals surface area contributed by atoms with Crippen LogP contribution in [0.1, 0.15) is 49.5 Å². The smallest absolute Gasteiger partial charge is 0.407 e. The maximum Gasteiger partial charge on any atom is 0.407 e. The molecular formula is C29H35N7O4. The predicted molar refractivity (Wildman–Crippen MR) is 153 cm³/mol. The Morgan fingerprint density at radius 2 is 1.98 bits per heavy atom. The molecule has 0 saturated carbocycles. The first kappa shape index (κ1) is 27.0. The van der Waals surface area contributed by atoms with Crippen LogP contribution in [0.4, 0.5) is 16.2 Å². The van der Waals surface area contributed by atoms with Crippen molar-refractivity contribution < 1.29 is 19.1 Å². The highest BCUT2D eigenvalue weighted by molar-refractivity contribution is 6.12. The van der Waals surface area contributed by atoms with Gasteiger partial charge in [0.2, 0.25) is 0 Å². The van der Waals surface area contributed by atoms with Crippen LogP contribution < -0.4 is 20.3 Å². The third-order valence-corrected chi connectivity index (χ3v) is 6.65. The first-order chi connectivity index (χ1) is 19.2. The van der Waals surface area contributed by atoms with Crippen LogP contribution in [0.3, 0.4) is 0 Å². The van der Waals surface area contributed by atoms with Gasteiger partial charge in [0.1, 0.15) is 11.2 Å². The molecule has 5 rings (SSSR count). The average Bonchev–Trinajstić information content (AvgIpc) is 3.55. The summed E-state index contributed by atoms with van der Waals surface area (Å²) < 4.78 is 12.9. The monoisotopic (exact) mass is 545 g/mol. The van der Waals surface area contributed by atoms with E-state index in [1.807, 2.05) is 51.1 Å². The van der Waals surface area contributed by atoms with Gasteiger partial charge in [-0.1, -0.05) is 30.3 Å². The fourth-order valence-corrected chi connectivity index (χ4v) is 4.93. The Hall–Kier alpha value is -4.54. The van der Waals surface area contributed by atoms with Crippen molar-refractivity contribution in [3.8, 4) is 5.75 Å². The number of benzene rings is 1. The van der Waals surface area contributed by atoms with Crippen LogP contribution in [0.25, 0.3) is 11.0 Å². The van der Waals surface area contributed by atoms with E-state index < -0.39 is 11.7 Å². The summed E-state index contributed by atoms with van der Waals surface area (Å²) in [6, 6.07) is 9.84. The second kappa shape index (κ2) is 11.3. The quantitative estimate of drug-likeness (QED) is 0.311. The van der Waals surface area contributed by atoms with E-state index in [1.165, 1.54) is 0 Å². The molecule has 1 aliphatic heterocycles. The fraction of sp³-hybridized carbons (Fsp3) is 0.379. The number of piperidine rings is 1. The van der Waals surface area contributed by atoms with Gasteiger partial charge in [0, 0.05) is 31.5 Å². The number of rotatable bonds is 7. The van der Waals surface area contributed by atoms with Crippen LogP contribution in [0.5, 0.6) is 5.75 Å². The number of hydrogen-bond acceptors (Lipinski definition) is 7. The van der Waals surface area contributed by atoms with E-state index in [-0.39, 0.29) is 11.9 Å². The van der Waals surface area contributed by atoms with Gasteiger partial charge in [-0.25, -0.2) is 9.78 Å². The van der Waals surface area contributed by atoms with E-state index in [1.54, 1.807) is 36.6 Å². The molecule has 1 aliphatic rings. The third-order valence-electron chi connectivity index (χ3n) is 6.65. The van der Waals surface area contributed by atoms with Gasteiger partial charge in [-0.3, -0.25) is 9.48 Å². The normalized spacial score (nSPS) is 15.6. The fourth-order valence-electron chi connectivity index (χ4n) is 4.93. The van der Waals surface area contributed by atoms with Crippen molar-refractivity contribution in [1.29, 1.82) is 0 Å². The zero-order valence-corrected chi connectivity index (χ0v) is 23.2. The Morgan fingerprint density at radius 1 is 1.18 bits per heavy atom. The Labute approximate surface area is 232 Å². The zero-order chi connectivity index (χ0) is 28.3. The molecule has 2 amide bonds. The molecule has 3 N–H and O–H groups in total. The molecule has 0 radical (unpaired) electrons. The number of amides is 2. The Morgan fingerprint density at radius 3 is 2.73 bits per heavy atom. The van der Waals surface area contributed by atoms with Crippen LogP contribution >= 0.6 is 0 Å². The number of H-pyrrole nitrogens is 1. The number of methoxy groups -OCH3 is 1. The first-order valence-corrected chi connectivity index (χ1v) is 13.4. The number of ether oxygens (including phenoxy) is 2. The van der Waals surface area contributed by atoms with Crippen molar-refractivity contribution in [2.45, 2.75) is 51.8 Å². The second-order valence-corrected chi connectivity index (χ2v) is 10.9. The number of nitrogens with one attached hydrogen (secondary N) is 3. The van der Waals surface area contributed by atoms with Crippen molar-refractivity contribution >= 4 is 34.4 Å². The van der Waals surface area contributed by atoms with E-state index in [9.17, 15) is 9.59 Å². The van der Waals surface area contributed by atoms with Crippen molar-refractivity contribution in [2.24, 2.45) is 0 Å². The number of carbonyl (C=O) groups excluding carboxylic acids is 2. The molecule has 11 nitrogen and oxygen atoms in total. The molecule has 0 bridgehead atoms. The van der Waals surface area contributed by atoms with Crippen LogP contribution in [0, 0.1) is 0 Å². The van der Waals surface area contributed by atoms with E-state index in [4.69, 9.17) is 9.47 Å². The average molecular weight is 546 g/mol. The maximum atomic E-state index is 13.2. The summed E-state index contributed by atoms with van der Waals surface area (Å²) in [6.45, 7) is 7.41. The van der Waals surface area contributed by atoms with Gasteiger partial charge in [-0.05, 0) is 39.2 Å². The number of aromatic nitrogens is 4. The van der Waals surface area contributed by atoms with Crippen LogP contribution in [-0.4, -0.2) is 63.6 Å². The summed E-state index contributed by atoms with van der Waals surface area (Å²) in [5, 5.41) is 11.1.